The van der Waals surface area contributed by atoms with E-state index in [9.17, 15) is 0 Å². The minimum atomic E-state index is 0.342. The molecule has 0 bridgehead atoms. The van der Waals surface area contributed by atoms with Crippen molar-refractivity contribution in [2.45, 2.75) is 51.6 Å². The molecule has 1 aromatic rings. The Morgan fingerprint density at radius 1 is 1.21 bits per heavy atom. The molecule has 2 atom stereocenters. The van der Waals surface area contributed by atoms with Crippen molar-refractivity contribution in [3.63, 3.8) is 0 Å². The van der Waals surface area contributed by atoms with Crippen LogP contribution in [-0.4, -0.2) is 24.5 Å². The van der Waals surface area contributed by atoms with Gasteiger partial charge in [0, 0.05) is 18.6 Å². The van der Waals surface area contributed by atoms with Crippen LogP contribution in [0.5, 0.6) is 0 Å². The van der Waals surface area contributed by atoms with Crippen LogP contribution in [0.3, 0.4) is 0 Å². The third-order valence-corrected chi connectivity index (χ3v) is 4.69. The summed E-state index contributed by atoms with van der Waals surface area (Å²) in [4.78, 5) is 2.45. The van der Waals surface area contributed by atoms with E-state index < -0.39 is 0 Å². The van der Waals surface area contributed by atoms with Gasteiger partial charge in [-0.1, -0.05) is 38.1 Å². The van der Waals surface area contributed by atoms with Crippen LogP contribution in [0.4, 0.5) is 0 Å². The summed E-state index contributed by atoms with van der Waals surface area (Å²) in [7, 11) is 2.21. The monoisotopic (exact) mass is 260 g/mol. The molecule has 19 heavy (non-hydrogen) atoms. The van der Waals surface area contributed by atoms with Gasteiger partial charge < -0.3 is 5.73 Å². The number of hydrogen-bond acceptors (Lipinski definition) is 2. The molecular formula is C17H28N2. The Labute approximate surface area is 118 Å². The first-order valence-corrected chi connectivity index (χ1v) is 7.57. The average Bonchev–Trinajstić information content (AvgIpc) is 3.23. The van der Waals surface area contributed by atoms with Crippen molar-refractivity contribution < 1.29 is 0 Å². The smallest absolute Gasteiger partial charge is 0.0473 e. The van der Waals surface area contributed by atoms with Gasteiger partial charge in [-0.25, -0.2) is 0 Å². The lowest BCUT2D eigenvalue weighted by molar-refractivity contribution is 0.151. The minimum Gasteiger partial charge on any atom is -0.329 e. The van der Waals surface area contributed by atoms with Crippen molar-refractivity contribution in [1.29, 1.82) is 0 Å². The summed E-state index contributed by atoms with van der Waals surface area (Å²) >= 11 is 0. The number of rotatable bonds is 6. The summed E-state index contributed by atoms with van der Waals surface area (Å²) in [6.45, 7) is 7.55. The van der Waals surface area contributed by atoms with Gasteiger partial charge in [-0.2, -0.15) is 0 Å². The standard InChI is InChI=1S/C17H28N2/c1-12(2)13(3)19(4)17(11-18)16-8-6-5-7-15(16)14-9-10-14/h5-8,12-14,17H,9-11,18H2,1-4H3. The molecule has 2 rings (SSSR count). The van der Waals surface area contributed by atoms with E-state index in [1.807, 2.05) is 0 Å². The van der Waals surface area contributed by atoms with E-state index in [0.717, 1.165) is 5.92 Å². The third-order valence-electron chi connectivity index (χ3n) is 4.69. The highest BCUT2D eigenvalue weighted by molar-refractivity contribution is 5.35. The van der Waals surface area contributed by atoms with Gasteiger partial charge in [0.25, 0.3) is 0 Å². The normalized spacial score (nSPS) is 18.9. The molecule has 1 saturated carbocycles. The van der Waals surface area contributed by atoms with E-state index in [2.05, 4.69) is 57.0 Å². The molecule has 0 radical (unpaired) electrons. The molecule has 2 unspecified atom stereocenters. The summed E-state index contributed by atoms with van der Waals surface area (Å²) in [5, 5.41) is 0. The van der Waals surface area contributed by atoms with E-state index in [4.69, 9.17) is 5.73 Å². The maximum absolute atomic E-state index is 6.09. The van der Waals surface area contributed by atoms with Crippen molar-refractivity contribution in [1.82, 2.24) is 4.90 Å². The number of likely N-dealkylation sites (N-methyl/N-ethyl adjacent to an activating group) is 1. The molecule has 0 spiro atoms. The molecule has 0 aliphatic heterocycles. The van der Waals surface area contributed by atoms with Crippen LogP contribution in [-0.2, 0) is 0 Å². The topological polar surface area (TPSA) is 29.3 Å². The van der Waals surface area contributed by atoms with Crippen LogP contribution in [0.15, 0.2) is 24.3 Å². The Morgan fingerprint density at radius 2 is 1.84 bits per heavy atom. The first-order valence-electron chi connectivity index (χ1n) is 7.57. The first-order chi connectivity index (χ1) is 9.06. The molecule has 106 valence electrons. The van der Waals surface area contributed by atoms with Crippen LogP contribution in [0, 0.1) is 5.92 Å². The van der Waals surface area contributed by atoms with E-state index >= 15 is 0 Å². The van der Waals surface area contributed by atoms with Crippen molar-refractivity contribution in [2.75, 3.05) is 13.6 Å². The molecule has 0 heterocycles. The zero-order valence-electron chi connectivity index (χ0n) is 12.8. The van der Waals surface area contributed by atoms with Gasteiger partial charge in [0.15, 0.2) is 0 Å². The molecule has 2 nitrogen and oxygen atoms in total. The Kier molecular flexibility index (Phi) is 4.64. The Bertz CT molecular complexity index is 409. The fourth-order valence-corrected chi connectivity index (χ4v) is 2.85. The highest BCUT2D eigenvalue weighted by Crippen LogP contribution is 2.43. The van der Waals surface area contributed by atoms with Crippen molar-refractivity contribution >= 4 is 0 Å². The predicted molar refractivity (Wildman–Crippen MR) is 82.3 cm³/mol. The van der Waals surface area contributed by atoms with Crippen LogP contribution >= 0.6 is 0 Å². The van der Waals surface area contributed by atoms with Crippen molar-refractivity contribution in [3.05, 3.63) is 35.4 Å². The second kappa shape index (κ2) is 6.06. The summed E-state index contributed by atoms with van der Waals surface area (Å²) in [6.07, 6.45) is 2.69. The van der Waals surface area contributed by atoms with Gasteiger partial charge in [0.05, 0.1) is 0 Å². The Hall–Kier alpha value is -0.860. The molecule has 1 aliphatic carbocycles. The maximum Gasteiger partial charge on any atom is 0.0473 e. The lowest BCUT2D eigenvalue weighted by Gasteiger charge is -2.36. The van der Waals surface area contributed by atoms with Gasteiger partial charge in [-0.3, -0.25) is 4.90 Å². The van der Waals surface area contributed by atoms with Crippen LogP contribution in [0.2, 0.25) is 0 Å². The molecule has 2 N–H and O–H groups in total. The zero-order valence-corrected chi connectivity index (χ0v) is 12.8. The van der Waals surface area contributed by atoms with Crippen LogP contribution < -0.4 is 5.73 Å². The van der Waals surface area contributed by atoms with Crippen molar-refractivity contribution in [3.8, 4) is 0 Å². The minimum absolute atomic E-state index is 0.342. The fourth-order valence-electron chi connectivity index (χ4n) is 2.85. The van der Waals surface area contributed by atoms with Crippen LogP contribution in [0.25, 0.3) is 0 Å². The van der Waals surface area contributed by atoms with Gasteiger partial charge in [-0.15, -0.1) is 0 Å². The summed E-state index contributed by atoms with van der Waals surface area (Å²) in [6, 6.07) is 9.77. The summed E-state index contributed by atoms with van der Waals surface area (Å²) in [5.41, 5.74) is 9.07. The molecular weight excluding hydrogens is 232 g/mol. The van der Waals surface area contributed by atoms with Crippen LogP contribution in [0.1, 0.15) is 56.7 Å². The highest BCUT2D eigenvalue weighted by Gasteiger charge is 2.30. The number of nitrogens with two attached hydrogens (primary N) is 1. The zero-order chi connectivity index (χ0) is 14.0. The van der Waals surface area contributed by atoms with Gasteiger partial charge in [-0.05, 0) is 49.8 Å². The summed E-state index contributed by atoms with van der Waals surface area (Å²) < 4.78 is 0. The number of nitrogens with zero attached hydrogens (tertiary/aromatic N) is 1. The van der Waals surface area contributed by atoms with E-state index in [-0.39, 0.29) is 0 Å². The van der Waals surface area contributed by atoms with Gasteiger partial charge in [0.2, 0.25) is 0 Å². The quantitative estimate of drug-likeness (QED) is 0.847. The lowest BCUT2D eigenvalue weighted by atomic mass is 9.94. The predicted octanol–water partition coefficient (Wildman–Crippen LogP) is 3.54. The second-order valence-electron chi connectivity index (χ2n) is 6.30. The van der Waals surface area contributed by atoms with E-state index in [0.29, 0.717) is 24.5 Å². The van der Waals surface area contributed by atoms with E-state index in [1.54, 1.807) is 0 Å². The number of hydrogen-bond donors (Lipinski definition) is 1. The average molecular weight is 260 g/mol. The Morgan fingerprint density at radius 3 is 2.37 bits per heavy atom. The van der Waals surface area contributed by atoms with Gasteiger partial charge >= 0.3 is 0 Å². The molecule has 1 aliphatic rings. The molecule has 2 heteroatoms. The SMILES string of the molecule is CC(C)C(C)N(C)C(CN)c1ccccc1C1CC1. The maximum atomic E-state index is 6.09. The number of benzene rings is 1. The largest absolute Gasteiger partial charge is 0.329 e. The lowest BCUT2D eigenvalue weighted by Crippen LogP contribution is -2.40. The van der Waals surface area contributed by atoms with Gasteiger partial charge in [0.1, 0.15) is 0 Å². The Balaban J connectivity index is 2.26. The molecule has 1 aromatic carbocycles. The second-order valence-corrected chi connectivity index (χ2v) is 6.30. The molecule has 1 fully saturated rings. The molecule has 0 aromatic heterocycles. The summed E-state index contributed by atoms with van der Waals surface area (Å²) in [5.74, 6) is 1.43. The molecule has 0 amide bonds. The highest BCUT2D eigenvalue weighted by atomic mass is 15.2. The van der Waals surface area contributed by atoms with Crippen molar-refractivity contribution in [2.24, 2.45) is 11.7 Å². The third kappa shape index (κ3) is 3.18. The van der Waals surface area contributed by atoms with E-state index in [1.165, 1.54) is 24.0 Å². The molecule has 0 saturated heterocycles. The fraction of sp³-hybridized carbons (Fsp3) is 0.647. The first kappa shape index (κ1) is 14.5.